The van der Waals surface area contributed by atoms with Gasteiger partial charge in [-0.3, -0.25) is 20.4 Å². The van der Waals surface area contributed by atoms with Crippen molar-refractivity contribution in [3.63, 3.8) is 0 Å². The van der Waals surface area contributed by atoms with Gasteiger partial charge in [0.05, 0.1) is 0 Å². The quantitative estimate of drug-likeness (QED) is 0.488. The lowest BCUT2D eigenvalue weighted by atomic mass is 10.1. The average molecular weight is 397 g/mol. The number of hydrogen-bond acceptors (Lipinski definition) is 3. The standard InChI is InChI=1S/C21H17ClN2O2S/c22-17-11-7-10-16(14-17)20(25)23-24-21(26)19(15-8-3-1-4-9-15)27-18-12-5-2-6-13-18/h1-14,19H,(H,23,25)(H,24,26). The van der Waals surface area contributed by atoms with Crippen LogP contribution in [0.4, 0.5) is 0 Å². The molecular weight excluding hydrogens is 380 g/mol. The molecule has 2 amide bonds. The first-order valence-electron chi connectivity index (χ1n) is 8.26. The number of carbonyl (C=O) groups is 2. The van der Waals surface area contributed by atoms with Crippen LogP contribution < -0.4 is 10.9 Å². The van der Waals surface area contributed by atoms with Gasteiger partial charge < -0.3 is 0 Å². The van der Waals surface area contributed by atoms with E-state index in [0.29, 0.717) is 10.6 Å². The molecule has 27 heavy (non-hydrogen) atoms. The average Bonchev–Trinajstić information content (AvgIpc) is 2.71. The second-order valence-corrected chi connectivity index (χ2v) is 7.29. The van der Waals surface area contributed by atoms with Gasteiger partial charge in [-0.1, -0.05) is 66.2 Å². The Balaban J connectivity index is 1.72. The molecule has 2 N–H and O–H groups in total. The van der Waals surface area contributed by atoms with E-state index in [-0.39, 0.29) is 5.91 Å². The van der Waals surface area contributed by atoms with Gasteiger partial charge in [0.1, 0.15) is 5.25 Å². The maximum Gasteiger partial charge on any atom is 0.269 e. The molecule has 0 aliphatic heterocycles. The summed E-state index contributed by atoms with van der Waals surface area (Å²) in [5, 5.41) is -0.0518. The van der Waals surface area contributed by atoms with Gasteiger partial charge in [-0.2, -0.15) is 0 Å². The minimum Gasteiger partial charge on any atom is -0.272 e. The molecule has 3 aromatic carbocycles. The molecule has 0 heterocycles. The Labute approximate surface area is 166 Å². The van der Waals surface area contributed by atoms with Crippen molar-refractivity contribution in [2.75, 3.05) is 0 Å². The smallest absolute Gasteiger partial charge is 0.269 e. The molecule has 4 nitrogen and oxygen atoms in total. The number of benzene rings is 3. The number of carbonyl (C=O) groups excluding carboxylic acids is 2. The van der Waals surface area contributed by atoms with Gasteiger partial charge in [-0.05, 0) is 35.9 Å². The molecule has 0 aliphatic carbocycles. The predicted octanol–water partition coefficient (Wildman–Crippen LogP) is 4.63. The minimum absolute atomic E-state index is 0.314. The highest BCUT2D eigenvalue weighted by Gasteiger charge is 2.22. The number of hydrazine groups is 1. The van der Waals surface area contributed by atoms with Gasteiger partial charge in [-0.25, -0.2) is 0 Å². The Morgan fingerprint density at radius 2 is 1.48 bits per heavy atom. The monoisotopic (exact) mass is 396 g/mol. The molecule has 1 atom stereocenters. The Bertz CT molecular complexity index is 920. The van der Waals surface area contributed by atoms with Crippen LogP contribution in [0.2, 0.25) is 5.02 Å². The number of nitrogens with one attached hydrogen (secondary N) is 2. The van der Waals surface area contributed by atoms with Crippen molar-refractivity contribution in [3.8, 4) is 0 Å². The third-order valence-corrected chi connectivity index (χ3v) is 5.23. The summed E-state index contributed by atoms with van der Waals surface area (Å²) in [6.07, 6.45) is 0. The summed E-state index contributed by atoms with van der Waals surface area (Å²) < 4.78 is 0. The van der Waals surface area contributed by atoms with Crippen molar-refractivity contribution in [2.24, 2.45) is 0 Å². The fourth-order valence-electron chi connectivity index (χ4n) is 2.42. The fourth-order valence-corrected chi connectivity index (χ4v) is 3.66. The second kappa shape index (κ2) is 9.26. The zero-order valence-electron chi connectivity index (χ0n) is 14.3. The van der Waals surface area contributed by atoms with Crippen molar-refractivity contribution in [1.29, 1.82) is 0 Å². The van der Waals surface area contributed by atoms with E-state index in [4.69, 9.17) is 11.6 Å². The van der Waals surface area contributed by atoms with Crippen molar-refractivity contribution >= 4 is 35.2 Å². The van der Waals surface area contributed by atoms with E-state index in [2.05, 4.69) is 10.9 Å². The van der Waals surface area contributed by atoms with Crippen LogP contribution in [0.15, 0.2) is 89.8 Å². The van der Waals surface area contributed by atoms with Crippen molar-refractivity contribution in [2.45, 2.75) is 10.1 Å². The van der Waals surface area contributed by atoms with Crippen molar-refractivity contribution in [1.82, 2.24) is 10.9 Å². The summed E-state index contributed by atoms with van der Waals surface area (Å²) in [5.41, 5.74) is 6.19. The molecule has 0 spiro atoms. The van der Waals surface area contributed by atoms with Crippen LogP contribution in [0, 0.1) is 0 Å². The highest BCUT2D eigenvalue weighted by molar-refractivity contribution is 8.00. The third-order valence-electron chi connectivity index (χ3n) is 3.72. The molecule has 136 valence electrons. The molecule has 0 saturated heterocycles. The largest absolute Gasteiger partial charge is 0.272 e. The maximum atomic E-state index is 12.8. The van der Waals surface area contributed by atoms with Gasteiger partial charge >= 0.3 is 0 Å². The second-order valence-electron chi connectivity index (χ2n) is 5.68. The topological polar surface area (TPSA) is 58.2 Å². The van der Waals surface area contributed by atoms with Gasteiger partial charge in [0, 0.05) is 15.5 Å². The van der Waals surface area contributed by atoms with Gasteiger partial charge in [0.2, 0.25) is 0 Å². The van der Waals surface area contributed by atoms with Crippen LogP contribution >= 0.6 is 23.4 Å². The van der Waals surface area contributed by atoms with Crippen LogP contribution in [0.1, 0.15) is 21.2 Å². The summed E-state index contributed by atoms with van der Waals surface area (Å²) in [6.45, 7) is 0. The van der Waals surface area contributed by atoms with Crippen LogP contribution in [0.3, 0.4) is 0 Å². The Hall–Kier alpha value is -2.76. The van der Waals surface area contributed by atoms with Crippen molar-refractivity contribution in [3.05, 3.63) is 101 Å². The number of rotatable bonds is 5. The molecule has 0 saturated carbocycles. The van der Waals surface area contributed by atoms with Crippen LogP contribution in [-0.2, 0) is 4.79 Å². The number of thioether (sulfide) groups is 1. The summed E-state index contributed by atoms with van der Waals surface area (Å²) in [4.78, 5) is 26.0. The number of hydrogen-bond donors (Lipinski definition) is 2. The van der Waals surface area contributed by atoms with Crippen molar-refractivity contribution < 1.29 is 9.59 Å². The Morgan fingerprint density at radius 1 is 0.815 bits per heavy atom. The van der Waals surface area contributed by atoms with E-state index in [1.807, 2.05) is 60.7 Å². The number of amides is 2. The molecule has 0 aromatic heterocycles. The fraction of sp³-hybridized carbons (Fsp3) is 0.0476. The van der Waals surface area contributed by atoms with E-state index >= 15 is 0 Å². The van der Waals surface area contributed by atoms with Crippen LogP contribution in [-0.4, -0.2) is 11.8 Å². The molecule has 0 aliphatic rings. The lowest BCUT2D eigenvalue weighted by Gasteiger charge is -2.17. The van der Waals surface area contributed by atoms with Gasteiger partial charge in [-0.15, -0.1) is 11.8 Å². The van der Waals surface area contributed by atoms with E-state index in [1.54, 1.807) is 18.2 Å². The first-order chi connectivity index (χ1) is 13.1. The molecule has 0 fully saturated rings. The highest BCUT2D eigenvalue weighted by atomic mass is 35.5. The molecule has 0 radical (unpaired) electrons. The number of halogens is 1. The molecule has 1 unspecified atom stereocenters. The van der Waals surface area contributed by atoms with E-state index in [0.717, 1.165) is 10.5 Å². The predicted molar refractivity (Wildman–Crippen MR) is 109 cm³/mol. The maximum absolute atomic E-state index is 12.8. The Morgan fingerprint density at radius 3 is 2.15 bits per heavy atom. The van der Waals surface area contributed by atoms with Crippen LogP contribution in [0.5, 0.6) is 0 Å². The van der Waals surface area contributed by atoms with Crippen LogP contribution in [0.25, 0.3) is 0 Å². The first kappa shape index (κ1) is 19.0. The van der Waals surface area contributed by atoms with E-state index in [1.165, 1.54) is 17.8 Å². The molecule has 0 bridgehead atoms. The first-order valence-corrected chi connectivity index (χ1v) is 9.51. The normalized spacial score (nSPS) is 11.4. The molecule has 3 aromatic rings. The SMILES string of the molecule is O=C(NNC(=O)C(Sc1ccccc1)c1ccccc1)c1cccc(Cl)c1. The summed E-state index contributed by atoms with van der Waals surface area (Å²) in [6, 6.07) is 25.6. The molecular formula is C21H17ClN2O2S. The molecule has 3 rings (SSSR count). The summed E-state index contributed by atoms with van der Waals surface area (Å²) in [5.74, 6) is -0.743. The van der Waals surface area contributed by atoms with E-state index < -0.39 is 11.2 Å². The van der Waals surface area contributed by atoms with E-state index in [9.17, 15) is 9.59 Å². The summed E-state index contributed by atoms with van der Waals surface area (Å²) >= 11 is 7.32. The van der Waals surface area contributed by atoms with Gasteiger partial charge in [0.25, 0.3) is 11.8 Å². The lowest BCUT2D eigenvalue weighted by molar-refractivity contribution is -0.121. The zero-order valence-corrected chi connectivity index (χ0v) is 15.8. The van der Waals surface area contributed by atoms with Gasteiger partial charge in [0.15, 0.2) is 0 Å². The third kappa shape index (κ3) is 5.36. The minimum atomic E-state index is -0.506. The summed E-state index contributed by atoms with van der Waals surface area (Å²) in [7, 11) is 0. The molecule has 6 heteroatoms. The zero-order chi connectivity index (χ0) is 19.1. The highest BCUT2D eigenvalue weighted by Crippen LogP contribution is 2.35. The Kier molecular flexibility index (Phi) is 6.52. The lowest BCUT2D eigenvalue weighted by Crippen LogP contribution is -2.43.